The minimum atomic E-state index is 0.0208. The number of aromatic nitrogens is 1. The largest absolute Gasteiger partial charge is 0.398 e. The van der Waals surface area contributed by atoms with Crippen molar-refractivity contribution in [3.63, 3.8) is 0 Å². The molecule has 0 amide bonds. The van der Waals surface area contributed by atoms with Crippen LogP contribution in [0.15, 0.2) is 18.5 Å². The molecule has 0 spiro atoms. The van der Waals surface area contributed by atoms with Crippen molar-refractivity contribution in [3.05, 3.63) is 24.0 Å². The van der Waals surface area contributed by atoms with Gasteiger partial charge in [0.1, 0.15) is 0 Å². The third kappa shape index (κ3) is 2.33. The number of carbonyl (C=O) groups excluding carboxylic acids is 1. The standard InChI is InChI=1S/C11H14N2O2/c12-10-3-4-13-7-9(10)11(14)6-8-2-1-5-15-8/h3-4,7-8H,1-2,5-6H2,(H2,12,13). The number of carbonyl (C=O) groups is 1. The maximum Gasteiger partial charge on any atom is 0.169 e. The Balaban J connectivity index is 2.04. The van der Waals surface area contributed by atoms with Crippen molar-refractivity contribution in [2.45, 2.75) is 25.4 Å². The Bertz CT molecular complexity index is 359. The van der Waals surface area contributed by atoms with Gasteiger partial charge in [-0.3, -0.25) is 9.78 Å². The summed E-state index contributed by atoms with van der Waals surface area (Å²) < 4.78 is 5.40. The highest BCUT2D eigenvalue weighted by Gasteiger charge is 2.20. The predicted molar refractivity (Wildman–Crippen MR) is 56.6 cm³/mol. The highest BCUT2D eigenvalue weighted by Crippen LogP contribution is 2.19. The first-order chi connectivity index (χ1) is 7.27. The van der Waals surface area contributed by atoms with Crippen LogP contribution in [0.4, 0.5) is 5.69 Å². The molecule has 1 aromatic rings. The number of Topliss-reactive ketones (excluding diaryl/α,β-unsaturated/α-hetero) is 1. The Morgan fingerprint density at radius 2 is 2.53 bits per heavy atom. The lowest BCUT2D eigenvalue weighted by atomic mass is 10.0. The molecule has 2 heterocycles. The number of ketones is 1. The van der Waals surface area contributed by atoms with E-state index in [1.807, 2.05) is 0 Å². The van der Waals surface area contributed by atoms with E-state index in [2.05, 4.69) is 4.98 Å². The third-order valence-electron chi connectivity index (χ3n) is 2.59. The van der Waals surface area contributed by atoms with Crippen molar-refractivity contribution in [3.8, 4) is 0 Å². The van der Waals surface area contributed by atoms with Gasteiger partial charge in [-0.1, -0.05) is 0 Å². The van der Waals surface area contributed by atoms with Gasteiger partial charge in [0.15, 0.2) is 5.78 Å². The van der Waals surface area contributed by atoms with Gasteiger partial charge in [0.2, 0.25) is 0 Å². The molecule has 0 saturated carbocycles. The first-order valence-electron chi connectivity index (χ1n) is 5.11. The quantitative estimate of drug-likeness (QED) is 0.759. The van der Waals surface area contributed by atoms with E-state index in [0.29, 0.717) is 17.7 Å². The average molecular weight is 206 g/mol. The zero-order valence-electron chi connectivity index (χ0n) is 8.48. The van der Waals surface area contributed by atoms with Gasteiger partial charge in [0.25, 0.3) is 0 Å². The molecule has 2 N–H and O–H groups in total. The van der Waals surface area contributed by atoms with Gasteiger partial charge in [-0.2, -0.15) is 0 Å². The van der Waals surface area contributed by atoms with E-state index in [1.54, 1.807) is 12.3 Å². The summed E-state index contributed by atoms with van der Waals surface area (Å²) in [5.41, 5.74) is 6.69. The Hall–Kier alpha value is -1.42. The van der Waals surface area contributed by atoms with Crippen LogP contribution in [0.1, 0.15) is 29.6 Å². The third-order valence-corrected chi connectivity index (χ3v) is 2.59. The maximum absolute atomic E-state index is 11.8. The molecule has 1 aliphatic rings. The summed E-state index contributed by atoms with van der Waals surface area (Å²) in [4.78, 5) is 15.7. The van der Waals surface area contributed by atoms with Gasteiger partial charge in [0, 0.05) is 31.1 Å². The van der Waals surface area contributed by atoms with E-state index >= 15 is 0 Å². The van der Waals surface area contributed by atoms with E-state index in [1.165, 1.54) is 6.20 Å². The molecule has 1 aliphatic heterocycles. The highest BCUT2D eigenvalue weighted by molar-refractivity contribution is 6.00. The Morgan fingerprint density at radius 3 is 3.20 bits per heavy atom. The molecule has 0 radical (unpaired) electrons. The molecule has 80 valence electrons. The molecule has 1 aromatic heterocycles. The van der Waals surface area contributed by atoms with Crippen molar-refractivity contribution in [2.75, 3.05) is 12.3 Å². The molecule has 1 atom stereocenters. The fourth-order valence-electron chi connectivity index (χ4n) is 1.76. The van der Waals surface area contributed by atoms with E-state index in [9.17, 15) is 4.79 Å². The SMILES string of the molecule is Nc1ccncc1C(=O)CC1CCCO1. The second-order valence-corrected chi connectivity index (χ2v) is 3.73. The summed E-state index contributed by atoms with van der Waals surface area (Å²) in [6, 6.07) is 1.64. The average Bonchev–Trinajstić information content (AvgIpc) is 2.71. The maximum atomic E-state index is 11.8. The van der Waals surface area contributed by atoms with Gasteiger partial charge >= 0.3 is 0 Å². The minimum absolute atomic E-state index is 0.0208. The number of anilines is 1. The summed E-state index contributed by atoms with van der Waals surface area (Å²) in [7, 11) is 0. The normalized spacial score (nSPS) is 20.4. The van der Waals surface area contributed by atoms with Gasteiger partial charge < -0.3 is 10.5 Å². The minimum Gasteiger partial charge on any atom is -0.398 e. The smallest absolute Gasteiger partial charge is 0.169 e. The summed E-state index contributed by atoms with van der Waals surface area (Å²) in [6.45, 7) is 0.764. The first-order valence-corrected chi connectivity index (χ1v) is 5.11. The zero-order chi connectivity index (χ0) is 10.7. The summed E-state index contributed by atoms with van der Waals surface area (Å²) in [6.07, 6.45) is 5.59. The zero-order valence-corrected chi connectivity index (χ0v) is 8.48. The molecule has 2 rings (SSSR count). The van der Waals surface area contributed by atoms with E-state index in [4.69, 9.17) is 10.5 Å². The fourth-order valence-corrected chi connectivity index (χ4v) is 1.76. The number of ether oxygens (including phenoxy) is 1. The van der Waals surface area contributed by atoms with Gasteiger partial charge in [-0.15, -0.1) is 0 Å². The molecule has 0 aliphatic carbocycles. The molecule has 4 heteroatoms. The lowest BCUT2D eigenvalue weighted by Gasteiger charge is -2.08. The van der Waals surface area contributed by atoms with Crippen molar-refractivity contribution in [1.29, 1.82) is 0 Å². The first kappa shape index (κ1) is 10.1. The van der Waals surface area contributed by atoms with Crippen LogP contribution in [0, 0.1) is 0 Å². The van der Waals surface area contributed by atoms with E-state index < -0.39 is 0 Å². The van der Waals surface area contributed by atoms with Crippen molar-refractivity contribution in [1.82, 2.24) is 4.98 Å². The molecule has 0 aromatic carbocycles. The lowest BCUT2D eigenvalue weighted by molar-refractivity contribution is 0.0776. The highest BCUT2D eigenvalue weighted by atomic mass is 16.5. The molecule has 4 nitrogen and oxygen atoms in total. The Kier molecular flexibility index (Phi) is 2.97. The number of hydrogen-bond acceptors (Lipinski definition) is 4. The van der Waals surface area contributed by atoms with Crippen LogP contribution in [-0.2, 0) is 4.74 Å². The topological polar surface area (TPSA) is 65.2 Å². The number of nitrogens with two attached hydrogens (primary N) is 1. The van der Waals surface area contributed by atoms with Crippen LogP contribution in [0.2, 0.25) is 0 Å². The van der Waals surface area contributed by atoms with Crippen molar-refractivity contribution >= 4 is 11.5 Å². The monoisotopic (exact) mass is 206 g/mol. The number of pyridine rings is 1. The number of nitrogens with zero attached hydrogens (tertiary/aromatic N) is 1. The lowest BCUT2D eigenvalue weighted by Crippen LogP contribution is -2.14. The van der Waals surface area contributed by atoms with Crippen LogP contribution in [-0.4, -0.2) is 23.5 Å². The van der Waals surface area contributed by atoms with Crippen LogP contribution in [0.25, 0.3) is 0 Å². The van der Waals surface area contributed by atoms with Gasteiger partial charge in [-0.25, -0.2) is 0 Å². The second-order valence-electron chi connectivity index (χ2n) is 3.73. The Morgan fingerprint density at radius 1 is 1.67 bits per heavy atom. The van der Waals surface area contributed by atoms with Crippen molar-refractivity contribution < 1.29 is 9.53 Å². The Labute approximate surface area is 88.4 Å². The summed E-state index contributed by atoms with van der Waals surface area (Å²) in [5, 5.41) is 0. The molecule has 1 fully saturated rings. The predicted octanol–water partition coefficient (Wildman–Crippen LogP) is 1.42. The van der Waals surface area contributed by atoms with Crippen LogP contribution >= 0.6 is 0 Å². The number of rotatable bonds is 3. The number of nitrogen functional groups attached to an aromatic ring is 1. The van der Waals surface area contributed by atoms with E-state index in [-0.39, 0.29) is 11.9 Å². The van der Waals surface area contributed by atoms with Gasteiger partial charge in [0.05, 0.1) is 11.7 Å². The molecular formula is C11H14N2O2. The molecule has 15 heavy (non-hydrogen) atoms. The fraction of sp³-hybridized carbons (Fsp3) is 0.455. The van der Waals surface area contributed by atoms with Gasteiger partial charge in [-0.05, 0) is 18.9 Å². The second kappa shape index (κ2) is 4.40. The summed E-state index contributed by atoms with van der Waals surface area (Å²) in [5.74, 6) is 0.0208. The molecule has 1 saturated heterocycles. The van der Waals surface area contributed by atoms with Crippen molar-refractivity contribution in [2.24, 2.45) is 0 Å². The molecular weight excluding hydrogens is 192 g/mol. The molecule has 1 unspecified atom stereocenters. The van der Waals surface area contributed by atoms with E-state index in [0.717, 1.165) is 19.4 Å². The molecule has 0 bridgehead atoms. The van der Waals surface area contributed by atoms with Crippen LogP contribution in [0.3, 0.4) is 0 Å². The van der Waals surface area contributed by atoms with Crippen LogP contribution < -0.4 is 5.73 Å². The number of hydrogen-bond donors (Lipinski definition) is 1. The van der Waals surface area contributed by atoms with Crippen LogP contribution in [0.5, 0.6) is 0 Å². The summed E-state index contributed by atoms with van der Waals surface area (Å²) >= 11 is 0.